The van der Waals surface area contributed by atoms with Crippen LogP contribution < -0.4 is 15.2 Å². The zero-order chi connectivity index (χ0) is 20.0. The summed E-state index contributed by atoms with van der Waals surface area (Å²) in [5.74, 6) is 2.42. The zero-order valence-electron chi connectivity index (χ0n) is 17.4. The summed E-state index contributed by atoms with van der Waals surface area (Å²) in [6, 6.07) is 3.69. The molecule has 1 aliphatic heterocycles. The minimum Gasteiger partial charge on any atom is -0.368 e. The van der Waals surface area contributed by atoms with Crippen molar-refractivity contribution in [1.29, 1.82) is 0 Å². The third kappa shape index (κ3) is 3.51. The highest BCUT2D eigenvalue weighted by molar-refractivity contribution is 5.90. The molecule has 5 fully saturated rings. The van der Waals surface area contributed by atoms with Crippen LogP contribution in [0.15, 0.2) is 24.5 Å². The van der Waals surface area contributed by atoms with Crippen LogP contribution in [0.5, 0.6) is 0 Å². The number of anilines is 1. The first kappa shape index (κ1) is 18.9. The molecule has 1 saturated heterocycles. The molecule has 2 amide bonds. The molecule has 2 N–H and O–H groups in total. The average molecular weight is 398 g/mol. The molecule has 4 bridgehead atoms. The van der Waals surface area contributed by atoms with Gasteiger partial charge in [-0.25, -0.2) is 4.98 Å². The van der Waals surface area contributed by atoms with E-state index in [4.69, 9.17) is 0 Å². The number of nitrogens with zero attached hydrogens (tertiary/aromatic N) is 2. The molecule has 0 unspecified atom stereocenters. The fraction of sp³-hybridized carbons (Fsp3) is 0.696. The molecular formula is C23H33N4O2+. The topological polar surface area (TPSA) is 66.8 Å². The molecule has 1 aromatic heterocycles. The SMILES string of the molecule is C[C@H](NC(=O)C12CC3CC(CC(C3)C1)C2)C(=O)N1CCN(c2cc[nH+]cc2)CC1. The van der Waals surface area contributed by atoms with Crippen molar-refractivity contribution < 1.29 is 14.6 Å². The quantitative estimate of drug-likeness (QED) is 0.843. The van der Waals surface area contributed by atoms with Crippen LogP contribution in [0.25, 0.3) is 0 Å². The van der Waals surface area contributed by atoms with Crippen LogP contribution in [0.3, 0.4) is 0 Å². The number of rotatable bonds is 4. The molecule has 6 nitrogen and oxygen atoms in total. The molecule has 0 spiro atoms. The number of hydrogen-bond acceptors (Lipinski definition) is 3. The summed E-state index contributed by atoms with van der Waals surface area (Å²) in [6.07, 6.45) is 10.9. The van der Waals surface area contributed by atoms with Crippen molar-refractivity contribution in [2.45, 2.75) is 51.5 Å². The van der Waals surface area contributed by atoms with E-state index < -0.39 is 6.04 Å². The van der Waals surface area contributed by atoms with Crippen LogP contribution in [0.4, 0.5) is 5.69 Å². The van der Waals surface area contributed by atoms with E-state index in [1.807, 2.05) is 24.2 Å². The molecule has 4 aliphatic carbocycles. The van der Waals surface area contributed by atoms with Crippen molar-refractivity contribution in [3.8, 4) is 0 Å². The maximum atomic E-state index is 13.2. The summed E-state index contributed by atoms with van der Waals surface area (Å²) in [7, 11) is 0. The van der Waals surface area contributed by atoms with Crippen LogP contribution in [-0.2, 0) is 9.59 Å². The van der Waals surface area contributed by atoms with Gasteiger partial charge in [0.15, 0.2) is 12.4 Å². The largest absolute Gasteiger partial charge is 0.368 e. The highest BCUT2D eigenvalue weighted by Crippen LogP contribution is 2.60. The van der Waals surface area contributed by atoms with Gasteiger partial charge in [0.1, 0.15) is 6.04 Å². The number of carbonyl (C=O) groups excluding carboxylic acids is 2. The lowest BCUT2D eigenvalue weighted by atomic mass is 9.49. The third-order valence-corrected chi connectivity index (χ3v) is 7.90. The number of carbonyl (C=O) groups is 2. The van der Waals surface area contributed by atoms with Gasteiger partial charge in [0.25, 0.3) is 0 Å². The third-order valence-electron chi connectivity index (χ3n) is 7.90. The predicted molar refractivity (Wildman–Crippen MR) is 110 cm³/mol. The van der Waals surface area contributed by atoms with Crippen molar-refractivity contribution in [3.05, 3.63) is 24.5 Å². The Morgan fingerprint density at radius 3 is 2.10 bits per heavy atom. The van der Waals surface area contributed by atoms with E-state index >= 15 is 0 Å². The number of aromatic amines is 1. The molecular weight excluding hydrogens is 364 g/mol. The Morgan fingerprint density at radius 1 is 1.00 bits per heavy atom. The second kappa shape index (κ2) is 7.29. The molecule has 1 aromatic rings. The highest BCUT2D eigenvalue weighted by Gasteiger charge is 2.54. The van der Waals surface area contributed by atoms with E-state index in [0.29, 0.717) is 13.1 Å². The van der Waals surface area contributed by atoms with Gasteiger partial charge in [-0.2, -0.15) is 0 Å². The maximum absolute atomic E-state index is 13.2. The minimum atomic E-state index is -0.437. The van der Waals surface area contributed by atoms with E-state index in [1.54, 1.807) is 0 Å². The van der Waals surface area contributed by atoms with Crippen LogP contribution in [0.1, 0.15) is 45.4 Å². The molecule has 1 atom stereocenters. The Morgan fingerprint density at radius 2 is 1.55 bits per heavy atom. The van der Waals surface area contributed by atoms with Crippen LogP contribution in [0.2, 0.25) is 0 Å². The molecule has 0 radical (unpaired) electrons. The first-order valence-electron chi connectivity index (χ1n) is 11.3. The number of H-pyrrole nitrogens is 1. The van der Waals surface area contributed by atoms with Crippen molar-refractivity contribution in [2.75, 3.05) is 31.1 Å². The second-order valence-electron chi connectivity index (χ2n) is 9.96. The summed E-state index contributed by atoms with van der Waals surface area (Å²) in [5, 5.41) is 3.13. The standard InChI is InChI=1S/C23H32N4O2/c1-16(21(28)27-8-6-26(7-9-27)20-2-4-24-5-3-20)25-22(29)23-13-17-10-18(14-23)12-19(11-17)15-23/h2-5,16-19H,6-15H2,1H3,(H,25,29)/p+1/t16-,17?,18?,19?,23?/m0/s1. The van der Waals surface area contributed by atoms with Gasteiger partial charge in [-0.05, 0) is 63.2 Å². The molecule has 2 heterocycles. The van der Waals surface area contributed by atoms with Gasteiger partial charge in [0.2, 0.25) is 11.8 Å². The van der Waals surface area contributed by atoms with Gasteiger partial charge in [-0.15, -0.1) is 0 Å². The Kier molecular flexibility index (Phi) is 4.75. The van der Waals surface area contributed by atoms with Crippen LogP contribution in [0, 0.1) is 23.2 Å². The first-order valence-corrected chi connectivity index (χ1v) is 11.3. The van der Waals surface area contributed by atoms with Gasteiger partial charge in [0, 0.05) is 49.4 Å². The molecule has 5 aliphatic rings. The van der Waals surface area contributed by atoms with E-state index in [2.05, 4.69) is 27.3 Å². The summed E-state index contributed by atoms with van der Waals surface area (Å²) >= 11 is 0. The van der Waals surface area contributed by atoms with Gasteiger partial charge >= 0.3 is 0 Å². The van der Waals surface area contributed by atoms with Crippen molar-refractivity contribution in [3.63, 3.8) is 0 Å². The van der Waals surface area contributed by atoms with Crippen LogP contribution >= 0.6 is 0 Å². The second-order valence-corrected chi connectivity index (χ2v) is 9.96. The molecule has 156 valence electrons. The van der Waals surface area contributed by atoms with E-state index in [9.17, 15) is 9.59 Å². The Bertz CT molecular complexity index is 737. The molecule has 6 heteroatoms. The van der Waals surface area contributed by atoms with Gasteiger partial charge in [0.05, 0.1) is 0 Å². The van der Waals surface area contributed by atoms with Gasteiger partial charge in [-0.3, -0.25) is 9.59 Å². The van der Waals surface area contributed by atoms with Gasteiger partial charge in [-0.1, -0.05) is 0 Å². The van der Waals surface area contributed by atoms with Crippen LogP contribution in [-0.4, -0.2) is 48.9 Å². The number of amides is 2. The van der Waals surface area contributed by atoms with E-state index in [-0.39, 0.29) is 17.2 Å². The van der Waals surface area contributed by atoms with Crippen molar-refractivity contribution in [1.82, 2.24) is 10.2 Å². The summed E-state index contributed by atoms with van der Waals surface area (Å²) in [6.45, 7) is 4.92. The fourth-order valence-electron chi connectivity index (χ4n) is 6.85. The number of pyridine rings is 1. The summed E-state index contributed by atoms with van der Waals surface area (Å²) < 4.78 is 0. The van der Waals surface area contributed by atoms with Crippen molar-refractivity contribution >= 4 is 17.5 Å². The number of nitrogens with one attached hydrogen (secondary N) is 2. The number of piperazine rings is 1. The summed E-state index contributed by atoms with van der Waals surface area (Å²) in [5.41, 5.74) is 0.991. The van der Waals surface area contributed by atoms with Gasteiger partial charge < -0.3 is 15.1 Å². The Balaban J connectivity index is 1.17. The molecule has 29 heavy (non-hydrogen) atoms. The monoisotopic (exact) mass is 397 g/mol. The Hall–Kier alpha value is -2.11. The Labute approximate surface area is 173 Å². The maximum Gasteiger partial charge on any atom is 0.244 e. The zero-order valence-corrected chi connectivity index (χ0v) is 17.4. The predicted octanol–water partition coefficient (Wildman–Crippen LogP) is 1.87. The van der Waals surface area contributed by atoms with Crippen molar-refractivity contribution in [2.24, 2.45) is 23.2 Å². The van der Waals surface area contributed by atoms with E-state index in [1.165, 1.54) is 24.9 Å². The highest BCUT2D eigenvalue weighted by atomic mass is 16.2. The number of aromatic nitrogens is 1. The lowest BCUT2D eigenvalue weighted by Crippen LogP contribution is -2.58. The average Bonchev–Trinajstić information content (AvgIpc) is 2.73. The lowest BCUT2D eigenvalue weighted by molar-refractivity contribution is -0.377. The number of hydrogen-bond donors (Lipinski definition) is 1. The fourth-order valence-corrected chi connectivity index (χ4v) is 6.85. The minimum absolute atomic E-state index is 0.0594. The smallest absolute Gasteiger partial charge is 0.244 e. The van der Waals surface area contributed by atoms with E-state index in [0.717, 1.165) is 50.1 Å². The molecule has 0 aromatic carbocycles. The lowest BCUT2D eigenvalue weighted by Gasteiger charge is -2.55. The molecule has 6 rings (SSSR count). The molecule has 4 saturated carbocycles. The first-order chi connectivity index (χ1) is 14.0. The normalized spacial score (nSPS) is 34.2. The summed E-state index contributed by atoms with van der Waals surface area (Å²) in [4.78, 5) is 33.5.